The lowest BCUT2D eigenvalue weighted by Crippen LogP contribution is -2.46. The fourth-order valence-electron chi connectivity index (χ4n) is 4.63. The summed E-state index contributed by atoms with van der Waals surface area (Å²) in [4.78, 5) is 11.8. The number of carboxylic acid groups (broad SMARTS) is 1. The van der Waals surface area contributed by atoms with E-state index in [0.29, 0.717) is 11.8 Å². The van der Waals surface area contributed by atoms with Gasteiger partial charge in [-0.3, -0.25) is 4.79 Å². The summed E-state index contributed by atoms with van der Waals surface area (Å²) in [5.41, 5.74) is 3.97. The monoisotopic (exact) mass is 412 g/mol. The van der Waals surface area contributed by atoms with Crippen LogP contribution in [0.4, 0.5) is 0 Å². The van der Waals surface area contributed by atoms with Gasteiger partial charge in [-0.1, -0.05) is 58.6 Å². The Kier molecular flexibility index (Phi) is 7.26. The van der Waals surface area contributed by atoms with Crippen molar-refractivity contribution in [3.8, 4) is 0 Å². The van der Waals surface area contributed by atoms with Gasteiger partial charge in [0.15, 0.2) is 5.79 Å². The molecule has 2 rings (SSSR count). The standard InChI is InChI=1S/C23H42O4Si/c1-16-9-10-19(17(2)21(24)25)20(13-28(6,7)8)18(16)11-12-23(5)26-14-22(3,4)15-27-23/h13,16-19H,9-12,14-15H2,1-8H3,(H,24,25)/b20-13+/t16-,17-,18+,19+/m1/s1/i2+2. The maximum Gasteiger partial charge on any atom is 0.306 e. The van der Waals surface area contributed by atoms with Gasteiger partial charge in [-0.05, 0) is 43.9 Å². The number of carbonyl (C=O) groups is 1. The van der Waals surface area contributed by atoms with Crippen molar-refractivity contribution in [2.45, 2.75) is 85.7 Å². The number of rotatable bonds is 6. The van der Waals surface area contributed by atoms with Gasteiger partial charge in [-0.2, -0.15) is 0 Å². The van der Waals surface area contributed by atoms with Crippen LogP contribution in [0.1, 0.15) is 60.3 Å². The molecule has 0 radical (unpaired) electrons. The van der Waals surface area contributed by atoms with Crippen LogP contribution in [-0.4, -0.2) is 38.2 Å². The number of allylic oxidation sites excluding steroid dienone is 1. The topological polar surface area (TPSA) is 55.8 Å². The highest BCUT2D eigenvalue weighted by molar-refractivity contribution is 6.81. The molecule has 0 unspecified atom stereocenters. The lowest BCUT2D eigenvalue weighted by atomic mass is 9.67. The van der Waals surface area contributed by atoms with Crippen LogP contribution < -0.4 is 0 Å². The first-order valence-corrected chi connectivity index (χ1v) is 14.5. The molecule has 1 aliphatic heterocycles. The number of aliphatic carboxylic acids is 1. The number of hydrogen-bond acceptors (Lipinski definition) is 3. The first-order chi connectivity index (χ1) is 12.7. The second-order valence-electron chi connectivity index (χ2n) is 11.3. The average molecular weight is 413 g/mol. The molecule has 1 N–H and O–H groups in total. The van der Waals surface area contributed by atoms with E-state index in [0.717, 1.165) is 38.9 Å². The van der Waals surface area contributed by atoms with Crippen LogP contribution in [0, 0.1) is 29.1 Å². The SMILES string of the molecule is C[C@@H]1CC[C@@H]([C@@H]([14CH3])C(=O)O)/C(=C/[Si](C)(C)C)[C@H]1CCC1(C)OCC(C)(C)CO1. The van der Waals surface area contributed by atoms with Crippen LogP contribution >= 0.6 is 0 Å². The predicted molar refractivity (Wildman–Crippen MR) is 117 cm³/mol. The van der Waals surface area contributed by atoms with E-state index in [1.807, 2.05) is 6.92 Å². The summed E-state index contributed by atoms with van der Waals surface area (Å²) in [6.07, 6.45) is 3.94. The minimum absolute atomic E-state index is 0.0720. The molecule has 162 valence electrons. The smallest absolute Gasteiger partial charge is 0.306 e. The largest absolute Gasteiger partial charge is 0.481 e. The van der Waals surface area contributed by atoms with Gasteiger partial charge >= 0.3 is 5.97 Å². The van der Waals surface area contributed by atoms with Gasteiger partial charge in [-0.25, -0.2) is 0 Å². The van der Waals surface area contributed by atoms with Crippen molar-refractivity contribution >= 4 is 14.0 Å². The fourth-order valence-corrected chi connectivity index (χ4v) is 6.06. The normalized spacial score (nSPS) is 32.9. The molecular weight excluding hydrogens is 370 g/mol. The molecule has 0 aromatic heterocycles. The van der Waals surface area contributed by atoms with Gasteiger partial charge in [0.1, 0.15) is 0 Å². The Labute approximate surface area is 173 Å². The summed E-state index contributed by atoms with van der Waals surface area (Å²) < 4.78 is 12.3. The molecule has 1 saturated carbocycles. The first kappa shape index (κ1) is 23.6. The Hall–Kier alpha value is -0.653. The van der Waals surface area contributed by atoms with E-state index in [2.05, 4.69) is 53.0 Å². The molecule has 28 heavy (non-hydrogen) atoms. The average Bonchev–Trinajstić information content (AvgIpc) is 2.56. The summed E-state index contributed by atoms with van der Waals surface area (Å²) in [7, 11) is -1.46. The molecule has 1 heterocycles. The molecule has 0 bridgehead atoms. The lowest BCUT2D eigenvalue weighted by Gasteiger charge is -2.44. The highest BCUT2D eigenvalue weighted by Crippen LogP contribution is 2.46. The van der Waals surface area contributed by atoms with E-state index in [-0.39, 0.29) is 17.3 Å². The highest BCUT2D eigenvalue weighted by Gasteiger charge is 2.41. The zero-order valence-electron chi connectivity index (χ0n) is 19.3. The second-order valence-corrected chi connectivity index (χ2v) is 16.3. The third-order valence-corrected chi connectivity index (χ3v) is 7.71. The molecule has 1 aliphatic carbocycles. The third kappa shape index (κ3) is 6.17. The first-order valence-electron chi connectivity index (χ1n) is 11.0. The van der Waals surface area contributed by atoms with Crippen molar-refractivity contribution in [3.63, 3.8) is 0 Å². The van der Waals surface area contributed by atoms with E-state index in [1.165, 1.54) is 5.57 Å². The molecular formula is C23H42O4Si. The van der Waals surface area contributed by atoms with Gasteiger partial charge in [0.2, 0.25) is 0 Å². The van der Waals surface area contributed by atoms with Crippen molar-refractivity contribution in [2.75, 3.05) is 13.2 Å². The molecule has 4 nitrogen and oxygen atoms in total. The highest BCUT2D eigenvalue weighted by atomic mass is 28.3. The zero-order valence-corrected chi connectivity index (χ0v) is 20.3. The molecule has 5 heteroatoms. The van der Waals surface area contributed by atoms with Crippen molar-refractivity contribution < 1.29 is 19.4 Å². The van der Waals surface area contributed by atoms with Crippen LogP contribution in [0.5, 0.6) is 0 Å². The Morgan fingerprint density at radius 1 is 1.25 bits per heavy atom. The molecule has 2 aliphatic rings. The van der Waals surface area contributed by atoms with Gasteiger partial charge < -0.3 is 14.6 Å². The summed E-state index contributed by atoms with van der Waals surface area (Å²) in [6.45, 7) is 19.1. The van der Waals surface area contributed by atoms with Crippen LogP contribution in [-0.2, 0) is 14.3 Å². The van der Waals surface area contributed by atoms with Crippen LogP contribution in [0.15, 0.2) is 11.3 Å². The van der Waals surface area contributed by atoms with Crippen LogP contribution in [0.3, 0.4) is 0 Å². The Morgan fingerprint density at radius 2 is 1.82 bits per heavy atom. The maximum absolute atomic E-state index is 11.8. The van der Waals surface area contributed by atoms with E-state index < -0.39 is 19.8 Å². The van der Waals surface area contributed by atoms with E-state index in [1.54, 1.807) is 0 Å². The summed E-state index contributed by atoms with van der Waals surface area (Å²) >= 11 is 0. The molecule has 0 aromatic carbocycles. The molecule has 0 amide bonds. The van der Waals surface area contributed by atoms with Gasteiger partial charge in [0.05, 0.1) is 27.2 Å². The minimum Gasteiger partial charge on any atom is -0.481 e. The quantitative estimate of drug-likeness (QED) is 0.565. The lowest BCUT2D eigenvalue weighted by molar-refractivity contribution is -0.293. The second kappa shape index (κ2) is 8.61. The fraction of sp³-hybridized carbons (Fsp3) is 0.870. The predicted octanol–water partition coefficient (Wildman–Crippen LogP) is 5.74. The Balaban J connectivity index is 2.21. The number of ether oxygens (including phenoxy) is 2. The molecule has 1 saturated heterocycles. The third-order valence-electron chi connectivity index (χ3n) is 6.51. The number of hydrogen-bond donors (Lipinski definition) is 1. The summed E-state index contributed by atoms with van der Waals surface area (Å²) in [6, 6.07) is 0. The van der Waals surface area contributed by atoms with Crippen molar-refractivity contribution in [1.29, 1.82) is 0 Å². The van der Waals surface area contributed by atoms with Gasteiger partial charge in [0, 0.05) is 11.8 Å². The minimum atomic E-state index is -1.46. The van der Waals surface area contributed by atoms with E-state index in [9.17, 15) is 9.90 Å². The number of carboxylic acids is 1. The van der Waals surface area contributed by atoms with E-state index >= 15 is 0 Å². The van der Waals surface area contributed by atoms with Crippen LogP contribution in [0.2, 0.25) is 19.6 Å². The summed E-state index contributed by atoms with van der Waals surface area (Å²) in [5.74, 6) is -0.366. The van der Waals surface area contributed by atoms with Gasteiger partial charge in [-0.15, -0.1) is 0 Å². The van der Waals surface area contributed by atoms with E-state index in [4.69, 9.17) is 9.47 Å². The molecule has 4 atom stereocenters. The van der Waals surface area contributed by atoms with Crippen molar-refractivity contribution in [1.82, 2.24) is 0 Å². The van der Waals surface area contributed by atoms with Crippen molar-refractivity contribution in [2.24, 2.45) is 29.1 Å². The van der Waals surface area contributed by atoms with Gasteiger partial charge in [0.25, 0.3) is 0 Å². The maximum atomic E-state index is 11.8. The molecule has 2 fully saturated rings. The summed E-state index contributed by atoms with van der Waals surface area (Å²) in [5, 5.41) is 9.67. The van der Waals surface area contributed by atoms with Crippen molar-refractivity contribution in [3.05, 3.63) is 11.3 Å². The Morgan fingerprint density at radius 3 is 2.32 bits per heavy atom. The Bertz CT molecular complexity index is 580. The molecule has 0 spiro atoms. The van der Waals surface area contributed by atoms with Crippen LogP contribution in [0.25, 0.3) is 0 Å². The zero-order chi connectivity index (χ0) is 21.3. The molecule has 0 aromatic rings.